The fourth-order valence-electron chi connectivity index (χ4n) is 4.02. The van der Waals surface area contributed by atoms with Gasteiger partial charge in [0.05, 0.1) is 5.38 Å². The Labute approximate surface area is 113 Å². The second-order valence-electron chi connectivity index (χ2n) is 6.01. The van der Waals surface area contributed by atoms with Crippen LogP contribution < -0.4 is 0 Å². The lowest BCUT2D eigenvalue weighted by Gasteiger charge is -2.23. The molecule has 4 atom stereocenters. The van der Waals surface area contributed by atoms with E-state index >= 15 is 0 Å². The van der Waals surface area contributed by atoms with Crippen LogP contribution in [0.25, 0.3) is 0 Å². The lowest BCUT2D eigenvalue weighted by molar-refractivity contribution is 0.312. The number of alkyl halides is 1. The topological polar surface area (TPSA) is 0 Å². The van der Waals surface area contributed by atoms with Crippen LogP contribution in [0, 0.1) is 31.6 Å². The van der Waals surface area contributed by atoms with Crippen LogP contribution >= 0.6 is 22.9 Å². The van der Waals surface area contributed by atoms with E-state index in [9.17, 15) is 0 Å². The Morgan fingerprint density at radius 2 is 2.18 bits per heavy atom. The van der Waals surface area contributed by atoms with Crippen LogP contribution in [-0.2, 0) is 0 Å². The Hall–Kier alpha value is -0.0100. The summed E-state index contributed by atoms with van der Waals surface area (Å²) in [5.74, 6) is 2.95. The molecule has 4 unspecified atom stereocenters. The number of hydrogen-bond acceptors (Lipinski definition) is 1. The molecular weight excluding hydrogens is 248 g/mol. The van der Waals surface area contributed by atoms with Gasteiger partial charge in [-0.05, 0) is 68.9 Å². The molecule has 17 heavy (non-hydrogen) atoms. The lowest BCUT2D eigenvalue weighted by Crippen LogP contribution is -2.12. The second kappa shape index (κ2) is 4.59. The molecular formula is C15H21ClS. The van der Waals surface area contributed by atoms with Crippen molar-refractivity contribution in [2.75, 3.05) is 0 Å². The Morgan fingerprint density at radius 1 is 1.35 bits per heavy atom. The van der Waals surface area contributed by atoms with Crippen molar-refractivity contribution in [3.63, 3.8) is 0 Å². The van der Waals surface area contributed by atoms with Crippen molar-refractivity contribution in [2.45, 2.75) is 51.3 Å². The number of rotatable bonds is 3. The molecule has 2 bridgehead atoms. The van der Waals surface area contributed by atoms with Crippen molar-refractivity contribution in [3.8, 4) is 0 Å². The predicted molar refractivity (Wildman–Crippen MR) is 75.9 cm³/mol. The Morgan fingerprint density at radius 3 is 2.71 bits per heavy atom. The molecule has 2 heteroatoms. The van der Waals surface area contributed by atoms with Crippen molar-refractivity contribution >= 4 is 22.9 Å². The van der Waals surface area contributed by atoms with E-state index in [1.165, 1.54) is 47.4 Å². The smallest absolute Gasteiger partial charge is 0.0598 e. The summed E-state index contributed by atoms with van der Waals surface area (Å²) in [4.78, 5) is 2.82. The Kier molecular flexibility index (Phi) is 3.25. The highest BCUT2D eigenvalue weighted by molar-refractivity contribution is 7.12. The summed E-state index contributed by atoms with van der Waals surface area (Å²) in [6.45, 7) is 4.39. The predicted octanol–water partition coefficient (Wildman–Crippen LogP) is 5.47. The van der Waals surface area contributed by atoms with Gasteiger partial charge in [0.1, 0.15) is 0 Å². The SMILES string of the molecule is Cc1cc(C(Cl)CC2CC3CCC2C3)c(C)s1. The molecule has 2 aliphatic rings. The van der Waals surface area contributed by atoms with E-state index in [1.54, 1.807) is 0 Å². The van der Waals surface area contributed by atoms with Crippen molar-refractivity contribution < 1.29 is 0 Å². The van der Waals surface area contributed by atoms with E-state index in [0.29, 0.717) is 0 Å². The molecule has 0 amide bonds. The molecule has 2 fully saturated rings. The lowest BCUT2D eigenvalue weighted by atomic mass is 9.84. The molecule has 2 aliphatic carbocycles. The normalized spacial score (nSPS) is 33.2. The number of hydrogen-bond donors (Lipinski definition) is 0. The van der Waals surface area contributed by atoms with Gasteiger partial charge < -0.3 is 0 Å². The fourth-order valence-corrected chi connectivity index (χ4v) is 5.53. The molecule has 0 N–H and O–H groups in total. The summed E-state index contributed by atoms with van der Waals surface area (Å²) in [7, 11) is 0. The van der Waals surface area contributed by atoms with Crippen LogP contribution in [0.3, 0.4) is 0 Å². The zero-order valence-corrected chi connectivity index (χ0v) is 12.3. The Bertz CT molecular complexity index is 409. The zero-order valence-electron chi connectivity index (χ0n) is 10.7. The van der Waals surface area contributed by atoms with Crippen LogP contribution in [0.15, 0.2) is 6.07 Å². The highest BCUT2D eigenvalue weighted by atomic mass is 35.5. The van der Waals surface area contributed by atoms with E-state index in [4.69, 9.17) is 11.6 Å². The maximum Gasteiger partial charge on any atom is 0.0598 e. The molecule has 94 valence electrons. The molecule has 1 aromatic rings. The van der Waals surface area contributed by atoms with Crippen LogP contribution in [0.5, 0.6) is 0 Å². The van der Waals surface area contributed by atoms with Gasteiger partial charge in [-0.2, -0.15) is 0 Å². The Balaban J connectivity index is 1.67. The first-order valence-corrected chi connectivity index (χ1v) is 8.09. The molecule has 1 heterocycles. The summed E-state index contributed by atoms with van der Waals surface area (Å²) < 4.78 is 0. The molecule has 0 spiro atoms. The largest absolute Gasteiger partial charge is 0.146 e. The molecule has 3 rings (SSSR count). The minimum atomic E-state index is 0.254. The molecule has 0 aliphatic heterocycles. The third kappa shape index (κ3) is 2.29. The second-order valence-corrected chi connectivity index (χ2v) is 7.99. The molecule has 0 radical (unpaired) electrons. The third-order valence-electron chi connectivity index (χ3n) is 4.81. The van der Waals surface area contributed by atoms with Crippen molar-refractivity contribution in [2.24, 2.45) is 17.8 Å². The first kappa shape index (κ1) is 12.0. The first-order valence-electron chi connectivity index (χ1n) is 6.84. The van der Waals surface area contributed by atoms with Gasteiger partial charge in [-0.1, -0.05) is 6.42 Å². The highest BCUT2D eigenvalue weighted by Crippen LogP contribution is 2.52. The maximum atomic E-state index is 6.65. The minimum Gasteiger partial charge on any atom is -0.146 e. The van der Waals surface area contributed by atoms with Gasteiger partial charge in [-0.25, -0.2) is 0 Å². The van der Waals surface area contributed by atoms with Gasteiger partial charge >= 0.3 is 0 Å². The van der Waals surface area contributed by atoms with Crippen LogP contribution in [0.1, 0.15) is 52.8 Å². The molecule has 2 saturated carbocycles. The van der Waals surface area contributed by atoms with Crippen molar-refractivity contribution in [1.29, 1.82) is 0 Å². The molecule has 1 aromatic heterocycles. The van der Waals surface area contributed by atoms with E-state index in [-0.39, 0.29) is 5.38 Å². The summed E-state index contributed by atoms with van der Waals surface area (Å²) in [5, 5.41) is 0.254. The first-order chi connectivity index (χ1) is 8.13. The quantitative estimate of drug-likeness (QED) is 0.638. The molecule has 0 saturated heterocycles. The van der Waals surface area contributed by atoms with E-state index < -0.39 is 0 Å². The standard InChI is InChI=1S/C15H21ClS/c1-9-5-14(10(2)17-9)15(16)8-13-7-11-3-4-12(13)6-11/h5,11-13,15H,3-4,6-8H2,1-2H3. The summed E-state index contributed by atoms with van der Waals surface area (Å²) >= 11 is 8.54. The monoisotopic (exact) mass is 268 g/mol. The number of fused-ring (bicyclic) bond motifs is 2. The van der Waals surface area contributed by atoms with Gasteiger partial charge in [-0.15, -0.1) is 22.9 Å². The minimum absolute atomic E-state index is 0.254. The number of halogens is 1. The van der Waals surface area contributed by atoms with Gasteiger partial charge in [0, 0.05) is 9.75 Å². The van der Waals surface area contributed by atoms with Gasteiger partial charge in [0.15, 0.2) is 0 Å². The maximum absolute atomic E-state index is 6.65. The molecule has 0 aromatic carbocycles. The van der Waals surface area contributed by atoms with Crippen LogP contribution in [0.2, 0.25) is 0 Å². The summed E-state index contributed by atoms with van der Waals surface area (Å²) in [6.07, 6.45) is 7.12. The average molecular weight is 269 g/mol. The van der Waals surface area contributed by atoms with E-state index in [1.807, 2.05) is 11.3 Å². The van der Waals surface area contributed by atoms with Gasteiger partial charge in [-0.3, -0.25) is 0 Å². The van der Waals surface area contributed by atoms with E-state index in [2.05, 4.69) is 19.9 Å². The summed E-state index contributed by atoms with van der Waals surface area (Å²) in [5.41, 5.74) is 1.40. The van der Waals surface area contributed by atoms with Gasteiger partial charge in [0.2, 0.25) is 0 Å². The third-order valence-corrected chi connectivity index (χ3v) is 6.21. The zero-order chi connectivity index (χ0) is 12.0. The molecule has 0 nitrogen and oxygen atoms in total. The van der Waals surface area contributed by atoms with Gasteiger partial charge in [0.25, 0.3) is 0 Å². The van der Waals surface area contributed by atoms with Crippen molar-refractivity contribution in [1.82, 2.24) is 0 Å². The van der Waals surface area contributed by atoms with Crippen LogP contribution in [0.4, 0.5) is 0 Å². The van der Waals surface area contributed by atoms with Crippen LogP contribution in [-0.4, -0.2) is 0 Å². The number of thiophene rings is 1. The van der Waals surface area contributed by atoms with Crippen molar-refractivity contribution in [3.05, 3.63) is 21.4 Å². The van der Waals surface area contributed by atoms with E-state index in [0.717, 1.165) is 17.8 Å². The fraction of sp³-hybridized carbons (Fsp3) is 0.733. The summed E-state index contributed by atoms with van der Waals surface area (Å²) in [6, 6.07) is 2.30. The number of aryl methyl sites for hydroxylation is 2. The highest BCUT2D eigenvalue weighted by Gasteiger charge is 2.40. The average Bonchev–Trinajstić information content (AvgIpc) is 2.93.